The molecule has 1 aromatic heterocycles. The van der Waals surface area contributed by atoms with E-state index in [1.807, 2.05) is 12.3 Å². The summed E-state index contributed by atoms with van der Waals surface area (Å²) in [5.74, 6) is 0.788. The van der Waals surface area contributed by atoms with Gasteiger partial charge in [0.15, 0.2) is 0 Å². The van der Waals surface area contributed by atoms with Gasteiger partial charge in [-0.2, -0.15) is 0 Å². The van der Waals surface area contributed by atoms with E-state index in [0.29, 0.717) is 6.04 Å². The second-order valence-corrected chi connectivity index (χ2v) is 6.23. The van der Waals surface area contributed by atoms with E-state index in [-0.39, 0.29) is 0 Å². The molecule has 1 aromatic rings. The van der Waals surface area contributed by atoms with E-state index < -0.39 is 0 Å². The van der Waals surface area contributed by atoms with Crippen molar-refractivity contribution in [1.82, 2.24) is 10.3 Å². The maximum atomic E-state index is 4.28. The molecule has 3 rings (SSSR count). The Morgan fingerprint density at radius 1 is 1.22 bits per heavy atom. The summed E-state index contributed by atoms with van der Waals surface area (Å²) in [6, 6.07) is 5.45. The van der Waals surface area contributed by atoms with Crippen molar-refractivity contribution in [3.8, 4) is 0 Å². The number of hydrogen-bond donors (Lipinski definition) is 2. The zero-order valence-corrected chi connectivity index (χ0v) is 12.1. The van der Waals surface area contributed by atoms with Crippen molar-refractivity contribution in [3.05, 3.63) is 22.9 Å². The Balaban J connectivity index is 1.65. The number of aromatic nitrogens is 1. The summed E-state index contributed by atoms with van der Waals surface area (Å²) >= 11 is 3.38. The molecule has 3 unspecified atom stereocenters. The molecule has 0 bridgehead atoms. The van der Waals surface area contributed by atoms with Crippen molar-refractivity contribution in [2.75, 3.05) is 11.9 Å². The summed E-state index contributed by atoms with van der Waals surface area (Å²) in [6.45, 7) is 1.20. The molecule has 0 radical (unpaired) electrons. The van der Waals surface area contributed by atoms with E-state index in [1.165, 1.54) is 38.6 Å². The van der Waals surface area contributed by atoms with Crippen LogP contribution in [-0.4, -0.2) is 23.6 Å². The van der Waals surface area contributed by atoms with Gasteiger partial charge >= 0.3 is 0 Å². The van der Waals surface area contributed by atoms with Gasteiger partial charge in [-0.05, 0) is 66.2 Å². The minimum atomic E-state index is 0.614. The quantitative estimate of drug-likeness (QED) is 0.842. The fourth-order valence-corrected chi connectivity index (χ4v) is 3.64. The first-order chi connectivity index (χ1) is 8.83. The van der Waals surface area contributed by atoms with E-state index in [4.69, 9.17) is 0 Å². The van der Waals surface area contributed by atoms with Crippen LogP contribution in [0.3, 0.4) is 0 Å². The van der Waals surface area contributed by atoms with E-state index in [9.17, 15) is 0 Å². The molecule has 2 heterocycles. The molecule has 2 aliphatic rings. The third kappa shape index (κ3) is 2.69. The molecule has 0 spiro atoms. The fourth-order valence-electron chi connectivity index (χ4n) is 3.40. The van der Waals surface area contributed by atoms with Gasteiger partial charge in [0.2, 0.25) is 0 Å². The number of halogens is 1. The van der Waals surface area contributed by atoms with Crippen molar-refractivity contribution in [2.45, 2.75) is 44.2 Å². The highest BCUT2D eigenvalue weighted by Crippen LogP contribution is 2.33. The number of anilines is 1. The van der Waals surface area contributed by atoms with Gasteiger partial charge in [-0.1, -0.05) is 6.42 Å². The Kier molecular flexibility index (Phi) is 3.85. The average molecular weight is 310 g/mol. The zero-order valence-electron chi connectivity index (χ0n) is 10.5. The molecule has 98 valence electrons. The fraction of sp³-hybridized carbons (Fsp3) is 0.643. The van der Waals surface area contributed by atoms with Crippen molar-refractivity contribution >= 4 is 21.6 Å². The minimum absolute atomic E-state index is 0.614. The zero-order chi connectivity index (χ0) is 12.4. The van der Waals surface area contributed by atoms with Gasteiger partial charge in [0, 0.05) is 12.1 Å². The molecule has 4 heteroatoms. The van der Waals surface area contributed by atoms with E-state index in [0.717, 1.165) is 22.3 Å². The normalized spacial score (nSPS) is 31.7. The van der Waals surface area contributed by atoms with Gasteiger partial charge < -0.3 is 10.6 Å². The van der Waals surface area contributed by atoms with Gasteiger partial charge in [-0.25, -0.2) is 4.98 Å². The van der Waals surface area contributed by atoms with Gasteiger partial charge in [-0.15, -0.1) is 0 Å². The van der Waals surface area contributed by atoms with Crippen LogP contribution in [0.25, 0.3) is 0 Å². The van der Waals surface area contributed by atoms with E-state index in [1.54, 1.807) is 0 Å². The molecule has 2 fully saturated rings. The Hall–Kier alpha value is -0.610. The maximum absolute atomic E-state index is 4.28. The summed E-state index contributed by atoms with van der Waals surface area (Å²) < 4.78 is 0.897. The molecule has 2 N–H and O–H groups in total. The van der Waals surface area contributed by atoms with Crippen LogP contribution >= 0.6 is 15.9 Å². The van der Waals surface area contributed by atoms with Crippen molar-refractivity contribution in [3.63, 3.8) is 0 Å². The van der Waals surface area contributed by atoms with Crippen LogP contribution in [0.15, 0.2) is 22.9 Å². The molecule has 1 saturated carbocycles. The lowest BCUT2D eigenvalue weighted by molar-refractivity contribution is 0.376. The Morgan fingerprint density at radius 3 is 2.89 bits per heavy atom. The van der Waals surface area contributed by atoms with Crippen molar-refractivity contribution in [1.29, 1.82) is 0 Å². The average Bonchev–Trinajstić information content (AvgIpc) is 3.02. The first-order valence-corrected chi connectivity index (χ1v) is 7.74. The van der Waals surface area contributed by atoms with Crippen LogP contribution in [0.4, 0.5) is 5.69 Å². The maximum Gasteiger partial charge on any atom is 0.106 e. The standard InChI is InChI=1S/C14H20BrN3/c15-14-7-6-10(9-17-14)18-13-4-1-3-11(13)12-5-2-8-16-12/h6-7,9,11-13,16,18H,1-5,8H2. The predicted molar refractivity (Wildman–Crippen MR) is 77.7 cm³/mol. The molecule has 0 aromatic carbocycles. The van der Waals surface area contributed by atoms with Gasteiger partial charge in [0.25, 0.3) is 0 Å². The lowest BCUT2D eigenvalue weighted by atomic mass is 9.93. The lowest BCUT2D eigenvalue weighted by Crippen LogP contribution is -2.38. The minimum Gasteiger partial charge on any atom is -0.381 e. The van der Waals surface area contributed by atoms with Crippen LogP contribution in [0, 0.1) is 5.92 Å². The number of nitrogens with one attached hydrogen (secondary N) is 2. The van der Waals surface area contributed by atoms with Crippen LogP contribution < -0.4 is 10.6 Å². The number of hydrogen-bond acceptors (Lipinski definition) is 3. The smallest absolute Gasteiger partial charge is 0.106 e. The second-order valence-electron chi connectivity index (χ2n) is 5.42. The number of pyridine rings is 1. The third-order valence-electron chi connectivity index (χ3n) is 4.26. The highest BCUT2D eigenvalue weighted by atomic mass is 79.9. The van der Waals surface area contributed by atoms with E-state index >= 15 is 0 Å². The molecule has 1 aliphatic heterocycles. The Bertz CT molecular complexity index is 387. The van der Waals surface area contributed by atoms with E-state index in [2.05, 4.69) is 37.6 Å². The summed E-state index contributed by atoms with van der Waals surface area (Å²) in [6.07, 6.45) is 8.61. The van der Waals surface area contributed by atoms with Crippen molar-refractivity contribution < 1.29 is 0 Å². The van der Waals surface area contributed by atoms with Gasteiger partial charge in [-0.3, -0.25) is 0 Å². The lowest BCUT2D eigenvalue weighted by Gasteiger charge is -2.27. The summed E-state index contributed by atoms with van der Waals surface area (Å²) in [4.78, 5) is 4.28. The second kappa shape index (κ2) is 5.57. The number of rotatable bonds is 3. The topological polar surface area (TPSA) is 37.0 Å². The molecule has 3 atom stereocenters. The van der Waals surface area contributed by atoms with Crippen LogP contribution in [-0.2, 0) is 0 Å². The molecule has 18 heavy (non-hydrogen) atoms. The monoisotopic (exact) mass is 309 g/mol. The SMILES string of the molecule is Brc1ccc(NC2CCCC2C2CCCN2)cn1. The molecule has 3 nitrogen and oxygen atoms in total. The summed E-state index contributed by atoms with van der Waals surface area (Å²) in [5, 5.41) is 7.33. The number of nitrogens with zero attached hydrogens (tertiary/aromatic N) is 1. The summed E-state index contributed by atoms with van der Waals surface area (Å²) in [5.41, 5.74) is 1.15. The summed E-state index contributed by atoms with van der Waals surface area (Å²) in [7, 11) is 0. The predicted octanol–water partition coefficient (Wildman–Crippen LogP) is 3.18. The molecule has 0 amide bonds. The highest BCUT2D eigenvalue weighted by Gasteiger charge is 2.34. The molecule has 1 aliphatic carbocycles. The molecular formula is C14H20BrN3. The third-order valence-corrected chi connectivity index (χ3v) is 4.73. The van der Waals surface area contributed by atoms with Crippen LogP contribution in [0.2, 0.25) is 0 Å². The van der Waals surface area contributed by atoms with Gasteiger partial charge in [0.05, 0.1) is 11.9 Å². The molecular weight excluding hydrogens is 290 g/mol. The van der Waals surface area contributed by atoms with Crippen LogP contribution in [0.5, 0.6) is 0 Å². The van der Waals surface area contributed by atoms with Gasteiger partial charge in [0.1, 0.15) is 4.60 Å². The first kappa shape index (κ1) is 12.4. The molecule has 1 saturated heterocycles. The Labute approximate surface area is 117 Å². The van der Waals surface area contributed by atoms with Crippen LogP contribution in [0.1, 0.15) is 32.1 Å². The van der Waals surface area contributed by atoms with Crippen molar-refractivity contribution in [2.24, 2.45) is 5.92 Å². The Morgan fingerprint density at radius 2 is 2.17 bits per heavy atom. The first-order valence-electron chi connectivity index (χ1n) is 6.94. The largest absolute Gasteiger partial charge is 0.381 e. The highest BCUT2D eigenvalue weighted by molar-refractivity contribution is 9.10.